The summed E-state index contributed by atoms with van der Waals surface area (Å²) in [6.07, 6.45) is 0.776. The Kier molecular flexibility index (Phi) is 7.01. The van der Waals surface area contributed by atoms with Crippen LogP contribution in [0.4, 0.5) is 0 Å². The molecule has 0 aromatic heterocycles. The topological polar surface area (TPSA) is 38.3 Å². The standard InChI is InChI=1S/C19H23NO2S/c1-15-6-5-7-16(12-15)13-23-14-19(21)20-11-10-17-8-3-4-9-18(17)22-2/h3-9,12H,10-11,13-14H2,1-2H3,(H,20,21). The van der Waals surface area contributed by atoms with Crippen molar-refractivity contribution in [2.24, 2.45) is 0 Å². The second kappa shape index (κ2) is 9.26. The number of methoxy groups -OCH3 is 1. The normalized spacial score (nSPS) is 10.3. The van der Waals surface area contributed by atoms with Crippen molar-refractivity contribution in [2.45, 2.75) is 19.1 Å². The van der Waals surface area contributed by atoms with E-state index in [9.17, 15) is 4.79 Å². The summed E-state index contributed by atoms with van der Waals surface area (Å²) in [6.45, 7) is 2.71. The number of hydrogen-bond donors (Lipinski definition) is 1. The average Bonchev–Trinajstić information content (AvgIpc) is 2.55. The van der Waals surface area contributed by atoms with Gasteiger partial charge in [-0.2, -0.15) is 0 Å². The number of thioether (sulfide) groups is 1. The Morgan fingerprint density at radius 3 is 2.78 bits per heavy atom. The lowest BCUT2D eigenvalue weighted by atomic mass is 10.1. The zero-order chi connectivity index (χ0) is 16.5. The minimum atomic E-state index is 0.0811. The maximum atomic E-state index is 11.9. The maximum Gasteiger partial charge on any atom is 0.230 e. The van der Waals surface area contributed by atoms with Gasteiger partial charge in [-0.1, -0.05) is 48.0 Å². The Morgan fingerprint density at radius 2 is 2.00 bits per heavy atom. The summed E-state index contributed by atoms with van der Waals surface area (Å²) in [4.78, 5) is 11.9. The number of rotatable bonds is 8. The first-order chi connectivity index (χ1) is 11.2. The van der Waals surface area contributed by atoms with E-state index in [1.807, 2.05) is 24.3 Å². The van der Waals surface area contributed by atoms with E-state index >= 15 is 0 Å². The average molecular weight is 329 g/mol. The number of ether oxygens (including phenoxy) is 1. The highest BCUT2D eigenvalue weighted by Gasteiger charge is 2.04. The van der Waals surface area contributed by atoms with Crippen LogP contribution in [0.15, 0.2) is 48.5 Å². The van der Waals surface area contributed by atoms with Crippen molar-refractivity contribution in [3.8, 4) is 5.75 Å². The molecule has 0 fully saturated rings. The van der Waals surface area contributed by atoms with Gasteiger partial charge in [-0.3, -0.25) is 4.79 Å². The summed E-state index contributed by atoms with van der Waals surface area (Å²) in [5.41, 5.74) is 3.63. The summed E-state index contributed by atoms with van der Waals surface area (Å²) in [5, 5.41) is 2.96. The van der Waals surface area contributed by atoms with E-state index in [1.165, 1.54) is 11.1 Å². The highest BCUT2D eigenvalue weighted by atomic mass is 32.2. The van der Waals surface area contributed by atoms with Crippen molar-refractivity contribution in [3.05, 3.63) is 65.2 Å². The monoisotopic (exact) mass is 329 g/mol. The van der Waals surface area contributed by atoms with Gasteiger partial charge in [0.2, 0.25) is 5.91 Å². The molecule has 0 spiro atoms. The summed E-state index contributed by atoms with van der Waals surface area (Å²) in [5.74, 6) is 2.30. The van der Waals surface area contributed by atoms with E-state index in [2.05, 4.69) is 36.5 Å². The molecular formula is C19H23NO2S. The van der Waals surface area contributed by atoms with Gasteiger partial charge < -0.3 is 10.1 Å². The molecule has 122 valence electrons. The summed E-state index contributed by atoms with van der Waals surface area (Å²) in [6, 6.07) is 16.3. The van der Waals surface area contributed by atoms with Crippen molar-refractivity contribution in [3.63, 3.8) is 0 Å². The number of carbonyl (C=O) groups excluding carboxylic acids is 1. The Labute approximate surface area is 142 Å². The zero-order valence-electron chi connectivity index (χ0n) is 13.7. The highest BCUT2D eigenvalue weighted by Crippen LogP contribution is 2.17. The molecule has 0 aliphatic carbocycles. The summed E-state index contributed by atoms with van der Waals surface area (Å²) >= 11 is 1.64. The van der Waals surface area contributed by atoms with Crippen LogP contribution in [0.25, 0.3) is 0 Å². The van der Waals surface area contributed by atoms with Gasteiger partial charge in [0.05, 0.1) is 12.9 Å². The molecule has 2 aromatic carbocycles. The SMILES string of the molecule is COc1ccccc1CCNC(=O)CSCc1cccc(C)c1. The first kappa shape index (κ1) is 17.4. The highest BCUT2D eigenvalue weighted by molar-refractivity contribution is 7.99. The van der Waals surface area contributed by atoms with Crippen molar-refractivity contribution in [2.75, 3.05) is 19.4 Å². The third-order valence-electron chi connectivity index (χ3n) is 3.49. The lowest BCUT2D eigenvalue weighted by molar-refractivity contribution is -0.118. The molecule has 0 atom stereocenters. The lowest BCUT2D eigenvalue weighted by Crippen LogP contribution is -2.27. The Hall–Kier alpha value is -1.94. The maximum absolute atomic E-state index is 11.9. The molecule has 0 bridgehead atoms. The number of carbonyl (C=O) groups is 1. The first-order valence-electron chi connectivity index (χ1n) is 7.71. The van der Waals surface area contributed by atoms with Gasteiger partial charge in [-0.05, 0) is 30.5 Å². The van der Waals surface area contributed by atoms with E-state index in [0.29, 0.717) is 12.3 Å². The van der Waals surface area contributed by atoms with Gasteiger partial charge in [0.1, 0.15) is 5.75 Å². The summed E-state index contributed by atoms with van der Waals surface area (Å²) < 4.78 is 5.31. The van der Waals surface area contributed by atoms with Crippen molar-refractivity contribution >= 4 is 17.7 Å². The third kappa shape index (κ3) is 5.99. The largest absolute Gasteiger partial charge is 0.496 e. The first-order valence-corrected chi connectivity index (χ1v) is 8.86. The molecule has 0 radical (unpaired) electrons. The molecule has 0 aliphatic heterocycles. The van der Waals surface area contributed by atoms with E-state index in [-0.39, 0.29) is 5.91 Å². The Morgan fingerprint density at radius 1 is 1.17 bits per heavy atom. The molecule has 1 N–H and O–H groups in total. The van der Waals surface area contributed by atoms with E-state index < -0.39 is 0 Å². The predicted octanol–water partition coefficient (Wildman–Crippen LogP) is 3.60. The van der Waals surface area contributed by atoms with Crippen LogP contribution in [0, 0.1) is 6.92 Å². The third-order valence-corrected chi connectivity index (χ3v) is 4.50. The van der Waals surface area contributed by atoms with Crippen LogP contribution < -0.4 is 10.1 Å². The second-order valence-electron chi connectivity index (χ2n) is 5.39. The van der Waals surface area contributed by atoms with Crippen LogP contribution in [0.5, 0.6) is 5.75 Å². The molecular weight excluding hydrogens is 306 g/mol. The fourth-order valence-electron chi connectivity index (χ4n) is 2.36. The Bertz CT molecular complexity index is 643. The minimum Gasteiger partial charge on any atom is -0.496 e. The molecule has 2 rings (SSSR count). The number of amides is 1. The van der Waals surface area contributed by atoms with E-state index in [1.54, 1.807) is 18.9 Å². The molecule has 3 nitrogen and oxygen atoms in total. The van der Waals surface area contributed by atoms with Gasteiger partial charge >= 0.3 is 0 Å². The quantitative estimate of drug-likeness (QED) is 0.804. The van der Waals surface area contributed by atoms with Crippen molar-refractivity contribution < 1.29 is 9.53 Å². The zero-order valence-corrected chi connectivity index (χ0v) is 14.5. The molecule has 0 aliphatic rings. The van der Waals surface area contributed by atoms with Crippen molar-refractivity contribution in [1.82, 2.24) is 5.32 Å². The molecule has 0 heterocycles. The van der Waals surface area contributed by atoms with Gasteiger partial charge in [-0.25, -0.2) is 0 Å². The minimum absolute atomic E-state index is 0.0811. The van der Waals surface area contributed by atoms with Crippen LogP contribution in [0.2, 0.25) is 0 Å². The molecule has 0 saturated heterocycles. The molecule has 0 saturated carbocycles. The fourth-order valence-corrected chi connectivity index (χ4v) is 3.17. The van der Waals surface area contributed by atoms with Crippen LogP contribution in [0.1, 0.15) is 16.7 Å². The summed E-state index contributed by atoms with van der Waals surface area (Å²) in [7, 11) is 1.67. The smallest absolute Gasteiger partial charge is 0.230 e. The molecule has 0 unspecified atom stereocenters. The van der Waals surface area contributed by atoms with Crippen LogP contribution in [-0.4, -0.2) is 25.3 Å². The predicted molar refractivity (Wildman–Crippen MR) is 97.0 cm³/mol. The molecule has 2 aromatic rings. The number of aryl methyl sites for hydroxylation is 1. The number of para-hydroxylation sites is 1. The van der Waals surface area contributed by atoms with Crippen LogP contribution in [-0.2, 0) is 17.0 Å². The number of nitrogens with one attached hydrogen (secondary N) is 1. The van der Waals surface area contributed by atoms with Crippen LogP contribution >= 0.6 is 11.8 Å². The van der Waals surface area contributed by atoms with E-state index in [0.717, 1.165) is 23.5 Å². The van der Waals surface area contributed by atoms with E-state index in [4.69, 9.17) is 4.74 Å². The fraction of sp³-hybridized carbons (Fsp3) is 0.316. The molecule has 4 heteroatoms. The Balaban J connectivity index is 1.67. The van der Waals surface area contributed by atoms with Gasteiger partial charge in [0.25, 0.3) is 0 Å². The molecule has 23 heavy (non-hydrogen) atoms. The van der Waals surface area contributed by atoms with Crippen molar-refractivity contribution in [1.29, 1.82) is 0 Å². The second-order valence-corrected chi connectivity index (χ2v) is 6.38. The molecule has 1 amide bonds. The van der Waals surface area contributed by atoms with Gasteiger partial charge in [-0.15, -0.1) is 11.8 Å². The number of benzene rings is 2. The van der Waals surface area contributed by atoms with Gasteiger partial charge in [0, 0.05) is 12.3 Å². The van der Waals surface area contributed by atoms with Gasteiger partial charge in [0.15, 0.2) is 0 Å². The lowest BCUT2D eigenvalue weighted by Gasteiger charge is -2.09. The number of hydrogen-bond acceptors (Lipinski definition) is 3. The van der Waals surface area contributed by atoms with Crippen LogP contribution in [0.3, 0.4) is 0 Å².